The van der Waals surface area contributed by atoms with E-state index >= 15 is 0 Å². The van der Waals surface area contributed by atoms with Crippen LogP contribution < -0.4 is 5.32 Å². The molecule has 0 aromatic rings. The average Bonchev–Trinajstić information content (AvgIpc) is 2.96. The number of carbonyl (C=O) groups is 1. The van der Waals surface area contributed by atoms with Gasteiger partial charge in [-0.25, -0.2) is 0 Å². The van der Waals surface area contributed by atoms with E-state index in [0.29, 0.717) is 0 Å². The van der Waals surface area contributed by atoms with Crippen LogP contribution in [0.5, 0.6) is 0 Å². The second kappa shape index (κ2) is 6.55. The van der Waals surface area contributed by atoms with E-state index in [1.807, 2.05) is 5.32 Å². The second-order valence-electron chi connectivity index (χ2n) is 8.38. The molecule has 3 saturated heterocycles. The molecule has 0 bridgehead atoms. The zero-order valence-corrected chi connectivity index (χ0v) is 16.1. The quantitative estimate of drug-likeness (QED) is 0.786. The summed E-state index contributed by atoms with van der Waals surface area (Å²) in [6, 6.07) is -0.961. The predicted octanol–water partition coefficient (Wildman–Crippen LogP) is 2.09. The highest BCUT2D eigenvalue weighted by Gasteiger charge is 2.62. The summed E-state index contributed by atoms with van der Waals surface area (Å²) in [7, 11) is 0. The molecule has 3 aliphatic heterocycles. The van der Waals surface area contributed by atoms with E-state index in [9.17, 15) is 18.0 Å². The standard InChI is InChI=1S/C17H26F3NO6/c1-7(2)8(21-14(22)17(18,19)20)9-10-11(25-15(3,4)24-10)12-13(23-9)27-16(5,6)26-12/h7-13H,1-6H3,(H,21,22)/t8-,9-,10+,11+,12-,13-/m1/s1. The van der Waals surface area contributed by atoms with Gasteiger partial charge in [-0.1, -0.05) is 13.8 Å². The van der Waals surface area contributed by atoms with Crippen molar-refractivity contribution in [2.45, 2.75) is 96.0 Å². The summed E-state index contributed by atoms with van der Waals surface area (Å²) < 4.78 is 67.8. The first-order valence-corrected chi connectivity index (χ1v) is 8.95. The van der Waals surface area contributed by atoms with E-state index in [-0.39, 0.29) is 5.92 Å². The zero-order valence-electron chi connectivity index (χ0n) is 16.1. The molecule has 27 heavy (non-hydrogen) atoms. The monoisotopic (exact) mass is 397 g/mol. The Hall–Kier alpha value is -0.940. The molecule has 3 heterocycles. The number of hydrogen-bond acceptors (Lipinski definition) is 6. The van der Waals surface area contributed by atoms with Crippen molar-refractivity contribution in [3.05, 3.63) is 0 Å². The third-order valence-electron chi connectivity index (χ3n) is 4.82. The van der Waals surface area contributed by atoms with Crippen molar-refractivity contribution in [2.24, 2.45) is 5.92 Å². The van der Waals surface area contributed by atoms with E-state index in [1.54, 1.807) is 41.5 Å². The Morgan fingerprint density at radius 2 is 1.44 bits per heavy atom. The van der Waals surface area contributed by atoms with Gasteiger partial charge in [-0.15, -0.1) is 0 Å². The van der Waals surface area contributed by atoms with Crippen molar-refractivity contribution in [3.63, 3.8) is 0 Å². The molecule has 7 nitrogen and oxygen atoms in total. The van der Waals surface area contributed by atoms with Crippen LogP contribution in [-0.4, -0.2) is 60.4 Å². The zero-order chi connectivity index (χ0) is 20.4. The van der Waals surface area contributed by atoms with Crippen LogP contribution >= 0.6 is 0 Å². The average molecular weight is 397 g/mol. The first-order valence-electron chi connectivity index (χ1n) is 8.95. The molecule has 1 amide bonds. The minimum absolute atomic E-state index is 0.360. The fraction of sp³-hybridized carbons (Fsp3) is 0.941. The van der Waals surface area contributed by atoms with Crippen molar-refractivity contribution in [2.75, 3.05) is 0 Å². The van der Waals surface area contributed by atoms with Gasteiger partial charge in [0.2, 0.25) is 0 Å². The Labute approximate surface area is 155 Å². The lowest BCUT2D eigenvalue weighted by molar-refractivity contribution is -0.243. The maximum absolute atomic E-state index is 12.8. The Balaban J connectivity index is 1.89. The molecule has 0 spiro atoms. The molecular formula is C17H26F3NO6. The van der Waals surface area contributed by atoms with Crippen LogP contribution in [0, 0.1) is 5.92 Å². The predicted molar refractivity (Wildman–Crippen MR) is 85.3 cm³/mol. The number of rotatable bonds is 3. The van der Waals surface area contributed by atoms with Gasteiger partial charge in [0.15, 0.2) is 17.9 Å². The minimum atomic E-state index is -5.00. The van der Waals surface area contributed by atoms with E-state index in [4.69, 9.17) is 23.7 Å². The molecule has 3 fully saturated rings. The molecule has 10 heteroatoms. The summed E-state index contributed by atoms with van der Waals surface area (Å²) in [5, 5.41) is 2.05. The normalized spacial score (nSPS) is 38.4. The molecule has 0 radical (unpaired) electrons. The molecule has 3 aliphatic rings. The van der Waals surface area contributed by atoms with Crippen LogP contribution in [0.25, 0.3) is 0 Å². The highest BCUT2D eigenvalue weighted by Crippen LogP contribution is 2.45. The number of nitrogens with one attached hydrogen (secondary N) is 1. The molecule has 0 saturated carbocycles. The van der Waals surface area contributed by atoms with Gasteiger partial charge in [0.25, 0.3) is 0 Å². The van der Waals surface area contributed by atoms with E-state index in [2.05, 4.69) is 0 Å². The maximum atomic E-state index is 12.8. The maximum Gasteiger partial charge on any atom is 0.471 e. The molecule has 156 valence electrons. The largest absolute Gasteiger partial charge is 0.471 e. The summed E-state index contributed by atoms with van der Waals surface area (Å²) in [4.78, 5) is 11.6. The third-order valence-corrected chi connectivity index (χ3v) is 4.82. The second-order valence-corrected chi connectivity index (χ2v) is 8.38. The molecule has 0 aliphatic carbocycles. The van der Waals surface area contributed by atoms with E-state index < -0.39 is 60.4 Å². The van der Waals surface area contributed by atoms with Crippen molar-refractivity contribution < 1.29 is 41.7 Å². The van der Waals surface area contributed by atoms with Gasteiger partial charge in [0, 0.05) is 0 Å². The Bertz CT molecular complexity index is 594. The molecule has 1 N–H and O–H groups in total. The summed E-state index contributed by atoms with van der Waals surface area (Å²) in [6.45, 7) is 10.2. The summed E-state index contributed by atoms with van der Waals surface area (Å²) in [6.07, 6.45) is -8.65. The fourth-order valence-electron chi connectivity index (χ4n) is 3.79. The Morgan fingerprint density at radius 3 is 2.00 bits per heavy atom. The van der Waals surface area contributed by atoms with Gasteiger partial charge in [-0.3, -0.25) is 4.79 Å². The van der Waals surface area contributed by atoms with Crippen LogP contribution in [0.2, 0.25) is 0 Å². The smallest absolute Gasteiger partial charge is 0.343 e. The summed E-state index contributed by atoms with van der Waals surface area (Å²) in [5.41, 5.74) is 0. The first kappa shape index (κ1) is 20.8. The highest BCUT2D eigenvalue weighted by molar-refractivity contribution is 5.82. The van der Waals surface area contributed by atoms with E-state index in [1.165, 1.54) is 0 Å². The van der Waals surface area contributed by atoms with Gasteiger partial charge in [0.1, 0.15) is 24.4 Å². The first-order chi connectivity index (χ1) is 12.2. The molecule has 0 unspecified atom stereocenters. The van der Waals surface area contributed by atoms with Gasteiger partial charge in [0.05, 0.1) is 6.04 Å². The Kier molecular flexibility index (Phi) is 5.04. The number of amides is 1. The fourth-order valence-corrected chi connectivity index (χ4v) is 3.79. The van der Waals surface area contributed by atoms with Crippen LogP contribution in [0.1, 0.15) is 41.5 Å². The lowest BCUT2D eigenvalue weighted by Crippen LogP contribution is -2.63. The number of hydrogen-bond donors (Lipinski definition) is 1. The Morgan fingerprint density at radius 1 is 0.926 bits per heavy atom. The van der Waals surface area contributed by atoms with Gasteiger partial charge in [-0.2, -0.15) is 13.2 Å². The van der Waals surface area contributed by atoms with Crippen LogP contribution in [0.3, 0.4) is 0 Å². The molecule has 0 aromatic heterocycles. The van der Waals surface area contributed by atoms with Crippen molar-refractivity contribution in [3.8, 4) is 0 Å². The number of ether oxygens (including phenoxy) is 5. The topological polar surface area (TPSA) is 75.3 Å². The van der Waals surface area contributed by atoms with Crippen molar-refractivity contribution >= 4 is 5.91 Å². The van der Waals surface area contributed by atoms with Gasteiger partial charge < -0.3 is 29.0 Å². The minimum Gasteiger partial charge on any atom is -0.343 e. The SMILES string of the molecule is CC(C)[C@@H](NC(=O)C(F)(F)F)[C@H]1O[C@@H]2OC(C)(C)O[C@@H]2[C@H]2OC(C)(C)O[C@H]21. The van der Waals surface area contributed by atoms with Crippen molar-refractivity contribution in [1.29, 1.82) is 0 Å². The van der Waals surface area contributed by atoms with Crippen LogP contribution in [0.15, 0.2) is 0 Å². The molecular weight excluding hydrogens is 371 g/mol. The van der Waals surface area contributed by atoms with Crippen LogP contribution in [-0.2, 0) is 28.5 Å². The molecule has 0 aromatic carbocycles. The van der Waals surface area contributed by atoms with Crippen LogP contribution in [0.4, 0.5) is 13.2 Å². The van der Waals surface area contributed by atoms with Gasteiger partial charge in [-0.05, 0) is 33.6 Å². The number of halogens is 3. The van der Waals surface area contributed by atoms with E-state index in [0.717, 1.165) is 0 Å². The van der Waals surface area contributed by atoms with Crippen molar-refractivity contribution in [1.82, 2.24) is 5.32 Å². The number of carbonyl (C=O) groups excluding carboxylic acids is 1. The molecule has 6 atom stereocenters. The number of alkyl halides is 3. The number of fused-ring (bicyclic) bond motifs is 3. The highest BCUT2D eigenvalue weighted by atomic mass is 19.4. The molecule has 3 rings (SSSR count). The summed E-state index contributed by atoms with van der Waals surface area (Å²) >= 11 is 0. The third kappa shape index (κ3) is 4.09. The lowest BCUT2D eigenvalue weighted by atomic mass is 9.88. The summed E-state index contributed by atoms with van der Waals surface area (Å²) in [5.74, 6) is -4.29. The van der Waals surface area contributed by atoms with Gasteiger partial charge >= 0.3 is 12.1 Å². The lowest BCUT2D eigenvalue weighted by Gasteiger charge is -2.42.